The Morgan fingerprint density at radius 3 is 2.40 bits per heavy atom. The fraction of sp³-hybridized carbons (Fsp3) is 0.478. The van der Waals surface area contributed by atoms with Gasteiger partial charge in [0.15, 0.2) is 0 Å². The zero-order valence-corrected chi connectivity index (χ0v) is 19.2. The second-order valence-electron chi connectivity index (χ2n) is 7.61. The number of nitrogens with one attached hydrogen (secondary N) is 1. The molecule has 0 aliphatic carbocycles. The summed E-state index contributed by atoms with van der Waals surface area (Å²) in [4.78, 5) is 29.7. The van der Waals surface area contributed by atoms with Gasteiger partial charge in [0.25, 0.3) is 5.91 Å². The number of carbonyl (C=O) groups is 2. The van der Waals surface area contributed by atoms with E-state index in [0.29, 0.717) is 43.1 Å². The minimum atomic E-state index is -0.0425. The summed E-state index contributed by atoms with van der Waals surface area (Å²) in [6.07, 6.45) is 1.39. The van der Waals surface area contributed by atoms with E-state index in [2.05, 4.69) is 40.9 Å². The van der Waals surface area contributed by atoms with Crippen molar-refractivity contribution < 1.29 is 9.59 Å². The molecule has 5 nitrogen and oxygen atoms in total. The lowest BCUT2D eigenvalue weighted by Crippen LogP contribution is -2.45. The molecular formula is C23H30ClN3O2S. The van der Waals surface area contributed by atoms with Crippen LogP contribution in [0.2, 0.25) is 5.02 Å². The topological polar surface area (TPSA) is 52.7 Å². The number of benzene rings is 1. The summed E-state index contributed by atoms with van der Waals surface area (Å²) in [6, 6.07) is 9.30. The minimum absolute atomic E-state index is 0.00424. The first-order valence-electron chi connectivity index (χ1n) is 10.6. The highest BCUT2D eigenvalue weighted by atomic mass is 35.5. The van der Waals surface area contributed by atoms with Crippen LogP contribution < -0.4 is 5.32 Å². The third kappa shape index (κ3) is 5.62. The van der Waals surface area contributed by atoms with Crippen molar-refractivity contribution in [3.8, 4) is 0 Å². The van der Waals surface area contributed by atoms with Crippen molar-refractivity contribution >= 4 is 34.8 Å². The van der Waals surface area contributed by atoms with E-state index in [1.807, 2.05) is 4.90 Å². The molecule has 2 amide bonds. The van der Waals surface area contributed by atoms with Gasteiger partial charge in [-0.1, -0.05) is 25.4 Å². The van der Waals surface area contributed by atoms with E-state index in [-0.39, 0.29) is 23.8 Å². The standard InChI is InChI=1S/C23H30ClN3O2S/c1-3-26(4-2)21(19-11-14-30-16-19)15-25-22(28)17-9-12-27(13-10-17)23(29)18-5-7-20(24)8-6-18/h5-8,11,14,16-17,21H,3-4,9-10,12-13,15H2,1-2H3,(H,25,28). The summed E-state index contributed by atoms with van der Waals surface area (Å²) in [5.74, 6) is 0.0599. The molecule has 1 saturated heterocycles. The zero-order chi connectivity index (χ0) is 21.5. The zero-order valence-electron chi connectivity index (χ0n) is 17.6. The Labute approximate surface area is 188 Å². The monoisotopic (exact) mass is 447 g/mol. The van der Waals surface area contributed by atoms with Gasteiger partial charge in [0.2, 0.25) is 5.91 Å². The van der Waals surface area contributed by atoms with Gasteiger partial charge in [-0.3, -0.25) is 14.5 Å². The van der Waals surface area contributed by atoms with E-state index in [1.165, 1.54) is 5.56 Å². The average molecular weight is 448 g/mol. The van der Waals surface area contributed by atoms with Crippen LogP contribution in [-0.2, 0) is 4.79 Å². The maximum atomic E-state index is 12.8. The number of rotatable bonds is 8. The molecule has 3 rings (SSSR count). The second kappa shape index (κ2) is 10.9. The minimum Gasteiger partial charge on any atom is -0.354 e. The molecule has 2 aromatic rings. The molecule has 0 bridgehead atoms. The van der Waals surface area contributed by atoms with Crippen LogP contribution in [0, 0.1) is 5.92 Å². The summed E-state index contributed by atoms with van der Waals surface area (Å²) in [6.45, 7) is 8.00. The lowest BCUT2D eigenvalue weighted by atomic mass is 9.95. The second-order valence-corrected chi connectivity index (χ2v) is 8.83. The molecule has 1 fully saturated rings. The van der Waals surface area contributed by atoms with Gasteiger partial charge in [0, 0.05) is 36.1 Å². The first-order chi connectivity index (χ1) is 14.5. The number of hydrogen-bond acceptors (Lipinski definition) is 4. The third-order valence-electron chi connectivity index (χ3n) is 5.89. The first kappa shape index (κ1) is 22.8. The van der Waals surface area contributed by atoms with Crippen molar-refractivity contribution in [2.24, 2.45) is 5.92 Å². The van der Waals surface area contributed by atoms with Gasteiger partial charge < -0.3 is 10.2 Å². The van der Waals surface area contributed by atoms with Crippen molar-refractivity contribution in [2.75, 3.05) is 32.7 Å². The number of amides is 2. The fourth-order valence-electron chi connectivity index (χ4n) is 4.05. The summed E-state index contributed by atoms with van der Waals surface area (Å²) in [5, 5.41) is 8.04. The van der Waals surface area contributed by atoms with E-state index in [0.717, 1.165) is 13.1 Å². The van der Waals surface area contributed by atoms with Crippen LogP contribution >= 0.6 is 22.9 Å². The van der Waals surface area contributed by atoms with Gasteiger partial charge in [-0.05, 0) is 72.6 Å². The maximum Gasteiger partial charge on any atom is 0.253 e. The summed E-state index contributed by atoms with van der Waals surface area (Å²) >= 11 is 7.59. The highest BCUT2D eigenvalue weighted by Gasteiger charge is 2.28. The van der Waals surface area contributed by atoms with Crippen molar-refractivity contribution in [1.82, 2.24) is 15.1 Å². The fourth-order valence-corrected chi connectivity index (χ4v) is 4.88. The van der Waals surface area contributed by atoms with E-state index in [9.17, 15) is 9.59 Å². The number of likely N-dealkylation sites (tertiary alicyclic amines) is 1. The number of thiophene rings is 1. The SMILES string of the molecule is CCN(CC)C(CNC(=O)C1CCN(C(=O)c2ccc(Cl)cc2)CC1)c1ccsc1. The third-order valence-corrected chi connectivity index (χ3v) is 6.85. The van der Waals surface area contributed by atoms with E-state index in [1.54, 1.807) is 35.6 Å². The number of halogens is 1. The number of carbonyl (C=O) groups excluding carboxylic acids is 2. The van der Waals surface area contributed by atoms with Crippen LogP contribution in [0.5, 0.6) is 0 Å². The molecule has 0 radical (unpaired) electrons. The van der Waals surface area contributed by atoms with Crippen LogP contribution in [0.15, 0.2) is 41.1 Å². The van der Waals surface area contributed by atoms with Crippen molar-refractivity contribution in [3.63, 3.8) is 0 Å². The Morgan fingerprint density at radius 2 is 1.83 bits per heavy atom. The van der Waals surface area contributed by atoms with E-state index < -0.39 is 0 Å². The Balaban J connectivity index is 1.52. The molecule has 2 heterocycles. The molecule has 0 spiro atoms. The number of piperidine rings is 1. The maximum absolute atomic E-state index is 12.8. The molecule has 7 heteroatoms. The molecule has 30 heavy (non-hydrogen) atoms. The van der Waals surface area contributed by atoms with Crippen LogP contribution in [0.4, 0.5) is 0 Å². The van der Waals surface area contributed by atoms with E-state index >= 15 is 0 Å². The quantitative estimate of drug-likeness (QED) is 0.650. The van der Waals surface area contributed by atoms with Gasteiger partial charge >= 0.3 is 0 Å². The highest BCUT2D eigenvalue weighted by Crippen LogP contribution is 2.24. The predicted octanol–water partition coefficient (Wildman–Crippen LogP) is 4.45. The van der Waals surface area contributed by atoms with Crippen molar-refractivity contribution in [1.29, 1.82) is 0 Å². The summed E-state index contributed by atoms with van der Waals surface area (Å²) in [7, 11) is 0. The predicted molar refractivity (Wildman–Crippen MR) is 123 cm³/mol. The number of hydrogen-bond donors (Lipinski definition) is 1. The Kier molecular flexibility index (Phi) is 8.31. The molecule has 1 aromatic heterocycles. The normalized spacial score (nSPS) is 15.9. The Bertz CT molecular complexity index is 813. The van der Waals surface area contributed by atoms with Crippen LogP contribution in [0.3, 0.4) is 0 Å². The molecule has 1 aliphatic rings. The molecule has 1 aromatic carbocycles. The van der Waals surface area contributed by atoms with Crippen molar-refractivity contribution in [3.05, 3.63) is 57.2 Å². The molecule has 1 unspecified atom stereocenters. The van der Waals surface area contributed by atoms with Gasteiger partial charge in [-0.25, -0.2) is 0 Å². The Morgan fingerprint density at radius 1 is 1.17 bits per heavy atom. The number of likely N-dealkylation sites (N-methyl/N-ethyl adjacent to an activating group) is 1. The average Bonchev–Trinajstić information content (AvgIpc) is 3.31. The van der Waals surface area contributed by atoms with Crippen LogP contribution in [-0.4, -0.2) is 54.3 Å². The molecular weight excluding hydrogens is 418 g/mol. The van der Waals surface area contributed by atoms with Crippen LogP contribution in [0.25, 0.3) is 0 Å². The molecule has 1 aliphatic heterocycles. The smallest absolute Gasteiger partial charge is 0.253 e. The van der Waals surface area contributed by atoms with Gasteiger partial charge in [-0.2, -0.15) is 11.3 Å². The summed E-state index contributed by atoms with van der Waals surface area (Å²) < 4.78 is 0. The highest BCUT2D eigenvalue weighted by molar-refractivity contribution is 7.08. The van der Waals surface area contributed by atoms with Gasteiger partial charge in [-0.15, -0.1) is 0 Å². The molecule has 162 valence electrons. The van der Waals surface area contributed by atoms with Gasteiger partial charge in [0.05, 0.1) is 6.04 Å². The summed E-state index contributed by atoms with van der Waals surface area (Å²) in [5.41, 5.74) is 1.90. The molecule has 1 atom stereocenters. The van der Waals surface area contributed by atoms with Gasteiger partial charge in [0.1, 0.15) is 0 Å². The van der Waals surface area contributed by atoms with Crippen LogP contribution in [0.1, 0.15) is 48.7 Å². The number of nitrogens with zero attached hydrogens (tertiary/aromatic N) is 2. The lowest BCUT2D eigenvalue weighted by Gasteiger charge is -2.33. The first-order valence-corrected chi connectivity index (χ1v) is 11.9. The largest absolute Gasteiger partial charge is 0.354 e. The Hall–Kier alpha value is -1.89. The molecule has 0 saturated carbocycles. The van der Waals surface area contributed by atoms with Crippen molar-refractivity contribution in [2.45, 2.75) is 32.7 Å². The molecule has 1 N–H and O–H groups in total. The van der Waals surface area contributed by atoms with E-state index in [4.69, 9.17) is 11.6 Å². The lowest BCUT2D eigenvalue weighted by molar-refractivity contribution is -0.126.